The molecule has 15 heavy (non-hydrogen) atoms. The van der Waals surface area contributed by atoms with Crippen LogP contribution in [0, 0.1) is 0 Å². The molecule has 0 spiro atoms. The summed E-state index contributed by atoms with van der Waals surface area (Å²) in [5.74, 6) is 1.05. The number of halogens is 1. The van der Waals surface area contributed by atoms with Crippen molar-refractivity contribution < 1.29 is 9.84 Å². The summed E-state index contributed by atoms with van der Waals surface area (Å²) in [4.78, 5) is 0. The molecule has 0 fully saturated rings. The number of rotatable bonds is 6. The highest BCUT2D eigenvalue weighted by molar-refractivity contribution is 6.18. The zero-order valence-electron chi connectivity index (χ0n) is 8.95. The molecule has 1 unspecified atom stereocenters. The number of para-hydroxylation sites is 1. The largest absolute Gasteiger partial charge is 0.491 e. The number of aliphatic hydroxyl groups is 1. The van der Waals surface area contributed by atoms with Crippen LogP contribution in [-0.2, 0) is 6.42 Å². The van der Waals surface area contributed by atoms with E-state index in [1.54, 1.807) is 0 Å². The molecule has 0 saturated carbocycles. The van der Waals surface area contributed by atoms with Gasteiger partial charge in [-0.25, -0.2) is 0 Å². The van der Waals surface area contributed by atoms with E-state index in [2.05, 4.69) is 6.92 Å². The maximum absolute atomic E-state index is 9.28. The van der Waals surface area contributed by atoms with Crippen molar-refractivity contribution in [1.29, 1.82) is 0 Å². The zero-order chi connectivity index (χ0) is 11.1. The fraction of sp³-hybridized carbons (Fsp3) is 0.500. The van der Waals surface area contributed by atoms with Crippen molar-refractivity contribution in [2.75, 3.05) is 12.5 Å². The van der Waals surface area contributed by atoms with E-state index < -0.39 is 6.10 Å². The van der Waals surface area contributed by atoms with Gasteiger partial charge in [0, 0.05) is 0 Å². The highest BCUT2D eigenvalue weighted by atomic mass is 35.5. The molecule has 1 N–H and O–H groups in total. The fourth-order valence-electron chi connectivity index (χ4n) is 1.35. The van der Waals surface area contributed by atoms with Crippen molar-refractivity contribution in [3.05, 3.63) is 29.8 Å². The van der Waals surface area contributed by atoms with E-state index in [1.807, 2.05) is 24.3 Å². The maximum atomic E-state index is 9.28. The van der Waals surface area contributed by atoms with Crippen LogP contribution in [0.3, 0.4) is 0 Å². The number of aryl methyl sites for hydroxylation is 1. The van der Waals surface area contributed by atoms with Gasteiger partial charge in [-0.05, 0) is 18.1 Å². The molecule has 0 aromatic heterocycles. The average Bonchev–Trinajstić information content (AvgIpc) is 2.28. The molecule has 0 amide bonds. The summed E-state index contributed by atoms with van der Waals surface area (Å²) in [6, 6.07) is 7.90. The lowest BCUT2D eigenvalue weighted by Crippen LogP contribution is -2.19. The Kier molecular flexibility index (Phi) is 5.51. The quantitative estimate of drug-likeness (QED) is 0.759. The van der Waals surface area contributed by atoms with Crippen molar-refractivity contribution in [3.63, 3.8) is 0 Å². The van der Waals surface area contributed by atoms with E-state index in [4.69, 9.17) is 16.3 Å². The molecule has 1 atom stereocenters. The minimum atomic E-state index is -0.596. The van der Waals surface area contributed by atoms with Gasteiger partial charge in [0.2, 0.25) is 0 Å². The standard InChI is InChI=1S/C12H17ClO2/c1-2-5-10-6-3-4-7-12(10)15-9-11(14)8-13/h3-4,6-7,11,14H,2,5,8-9H2,1H3. The predicted octanol–water partition coefficient (Wildman–Crippen LogP) is 2.62. The number of hydrogen-bond acceptors (Lipinski definition) is 2. The Morgan fingerprint density at radius 3 is 2.80 bits per heavy atom. The minimum absolute atomic E-state index is 0.204. The van der Waals surface area contributed by atoms with E-state index in [9.17, 15) is 5.11 Å². The second kappa shape index (κ2) is 6.70. The lowest BCUT2D eigenvalue weighted by molar-refractivity contribution is 0.124. The van der Waals surface area contributed by atoms with Gasteiger partial charge in [-0.15, -0.1) is 11.6 Å². The Morgan fingerprint density at radius 2 is 2.13 bits per heavy atom. The normalized spacial score (nSPS) is 12.5. The summed E-state index contributed by atoms with van der Waals surface area (Å²) in [6.45, 7) is 2.38. The summed E-state index contributed by atoms with van der Waals surface area (Å²) in [5.41, 5.74) is 1.18. The van der Waals surface area contributed by atoms with E-state index in [0.717, 1.165) is 18.6 Å². The van der Waals surface area contributed by atoms with Gasteiger partial charge in [-0.3, -0.25) is 0 Å². The monoisotopic (exact) mass is 228 g/mol. The Balaban J connectivity index is 2.58. The van der Waals surface area contributed by atoms with Gasteiger partial charge in [0.15, 0.2) is 0 Å². The van der Waals surface area contributed by atoms with Crippen molar-refractivity contribution in [2.24, 2.45) is 0 Å². The summed E-state index contributed by atoms with van der Waals surface area (Å²) in [5, 5.41) is 9.28. The predicted molar refractivity (Wildman–Crippen MR) is 62.7 cm³/mol. The smallest absolute Gasteiger partial charge is 0.122 e. The molecule has 0 bridgehead atoms. The van der Waals surface area contributed by atoms with E-state index in [0.29, 0.717) is 0 Å². The van der Waals surface area contributed by atoms with Gasteiger partial charge in [0.1, 0.15) is 18.5 Å². The summed E-state index contributed by atoms with van der Waals surface area (Å²) in [6.07, 6.45) is 1.48. The Hall–Kier alpha value is -0.730. The van der Waals surface area contributed by atoms with Crippen LogP contribution in [-0.4, -0.2) is 23.7 Å². The Labute approximate surface area is 95.8 Å². The summed E-state index contributed by atoms with van der Waals surface area (Å²) < 4.78 is 5.51. The van der Waals surface area contributed by atoms with Crippen LogP contribution in [0.1, 0.15) is 18.9 Å². The molecule has 0 heterocycles. The van der Waals surface area contributed by atoms with Gasteiger partial charge in [0.05, 0.1) is 5.88 Å². The molecule has 1 rings (SSSR count). The molecular weight excluding hydrogens is 212 g/mol. The van der Waals surface area contributed by atoms with Crippen LogP contribution < -0.4 is 4.74 Å². The number of benzene rings is 1. The summed E-state index contributed by atoms with van der Waals surface area (Å²) >= 11 is 5.49. The third-order valence-electron chi connectivity index (χ3n) is 2.10. The van der Waals surface area contributed by atoms with Crippen molar-refractivity contribution in [2.45, 2.75) is 25.9 Å². The number of alkyl halides is 1. The van der Waals surface area contributed by atoms with Crippen LogP contribution in [0.15, 0.2) is 24.3 Å². The lowest BCUT2D eigenvalue weighted by atomic mass is 10.1. The molecule has 3 heteroatoms. The number of ether oxygens (including phenoxy) is 1. The van der Waals surface area contributed by atoms with Gasteiger partial charge in [-0.1, -0.05) is 31.5 Å². The van der Waals surface area contributed by atoms with E-state index in [-0.39, 0.29) is 12.5 Å². The second-order valence-electron chi connectivity index (χ2n) is 3.48. The highest BCUT2D eigenvalue weighted by Gasteiger charge is 2.05. The van der Waals surface area contributed by atoms with Crippen LogP contribution in [0.4, 0.5) is 0 Å². The first-order valence-electron chi connectivity index (χ1n) is 5.22. The van der Waals surface area contributed by atoms with E-state index >= 15 is 0 Å². The van der Waals surface area contributed by atoms with Gasteiger partial charge >= 0.3 is 0 Å². The summed E-state index contributed by atoms with van der Waals surface area (Å²) in [7, 11) is 0. The molecular formula is C12H17ClO2. The maximum Gasteiger partial charge on any atom is 0.122 e. The van der Waals surface area contributed by atoms with Crippen molar-refractivity contribution >= 4 is 11.6 Å². The van der Waals surface area contributed by atoms with Crippen molar-refractivity contribution in [1.82, 2.24) is 0 Å². The zero-order valence-corrected chi connectivity index (χ0v) is 9.70. The highest BCUT2D eigenvalue weighted by Crippen LogP contribution is 2.19. The molecule has 0 aliphatic carbocycles. The third kappa shape index (κ3) is 4.10. The molecule has 0 saturated heterocycles. The minimum Gasteiger partial charge on any atom is -0.491 e. The first-order valence-corrected chi connectivity index (χ1v) is 5.76. The average molecular weight is 229 g/mol. The Bertz CT molecular complexity index is 289. The first kappa shape index (κ1) is 12.3. The fourth-order valence-corrected chi connectivity index (χ4v) is 1.44. The molecule has 84 valence electrons. The van der Waals surface area contributed by atoms with Crippen molar-refractivity contribution in [3.8, 4) is 5.75 Å². The third-order valence-corrected chi connectivity index (χ3v) is 2.46. The van der Waals surface area contributed by atoms with Gasteiger partial charge in [-0.2, -0.15) is 0 Å². The molecule has 1 aromatic rings. The molecule has 0 radical (unpaired) electrons. The first-order chi connectivity index (χ1) is 7.27. The van der Waals surface area contributed by atoms with Crippen LogP contribution in [0.5, 0.6) is 5.75 Å². The molecule has 0 aliphatic heterocycles. The SMILES string of the molecule is CCCc1ccccc1OCC(O)CCl. The van der Waals surface area contributed by atoms with Crippen LogP contribution >= 0.6 is 11.6 Å². The number of hydrogen-bond donors (Lipinski definition) is 1. The topological polar surface area (TPSA) is 29.5 Å². The van der Waals surface area contributed by atoms with Gasteiger partial charge < -0.3 is 9.84 Å². The molecule has 0 aliphatic rings. The van der Waals surface area contributed by atoms with Gasteiger partial charge in [0.25, 0.3) is 0 Å². The van der Waals surface area contributed by atoms with Crippen LogP contribution in [0.2, 0.25) is 0 Å². The second-order valence-corrected chi connectivity index (χ2v) is 3.79. The van der Waals surface area contributed by atoms with E-state index in [1.165, 1.54) is 5.56 Å². The molecule has 2 nitrogen and oxygen atoms in total. The number of aliphatic hydroxyl groups excluding tert-OH is 1. The Morgan fingerprint density at radius 1 is 1.40 bits per heavy atom. The van der Waals surface area contributed by atoms with Crippen LogP contribution in [0.25, 0.3) is 0 Å². The lowest BCUT2D eigenvalue weighted by Gasteiger charge is -2.12. The molecule has 1 aromatic carbocycles.